The first kappa shape index (κ1) is 15.9. The zero-order valence-corrected chi connectivity index (χ0v) is 13.4. The number of halogens is 2. The number of anilines is 1. The van der Waals surface area contributed by atoms with Crippen molar-refractivity contribution in [3.8, 4) is 5.75 Å². The number of hydrogen-bond donors (Lipinski definition) is 1. The van der Waals surface area contributed by atoms with Crippen molar-refractivity contribution in [1.29, 1.82) is 0 Å². The number of hydrogen-bond acceptors (Lipinski definition) is 5. The summed E-state index contributed by atoms with van der Waals surface area (Å²) < 4.78 is 7.12. The van der Waals surface area contributed by atoms with E-state index in [2.05, 4.69) is 27.8 Å². The second-order valence-electron chi connectivity index (χ2n) is 4.40. The summed E-state index contributed by atoms with van der Waals surface area (Å²) >= 11 is 12.3. The van der Waals surface area contributed by atoms with Crippen LogP contribution in [0.1, 0.15) is 25.8 Å². The van der Waals surface area contributed by atoms with Gasteiger partial charge in [-0.25, -0.2) is 4.68 Å². The van der Waals surface area contributed by atoms with Crippen LogP contribution in [0.2, 0.25) is 10.0 Å². The van der Waals surface area contributed by atoms with Crippen molar-refractivity contribution in [3.63, 3.8) is 0 Å². The first-order chi connectivity index (χ1) is 10.2. The molecule has 0 aliphatic carbocycles. The van der Waals surface area contributed by atoms with Gasteiger partial charge in [-0.2, -0.15) is 0 Å². The van der Waals surface area contributed by atoms with Crippen LogP contribution in [0.3, 0.4) is 0 Å². The largest absolute Gasteiger partial charge is 0.491 e. The summed E-state index contributed by atoms with van der Waals surface area (Å²) in [7, 11) is 0. The monoisotopic (exact) mass is 329 g/mol. The summed E-state index contributed by atoms with van der Waals surface area (Å²) in [6, 6.07) is 3.64. The van der Waals surface area contributed by atoms with Gasteiger partial charge in [0.2, 0.25) is 5.95 Å². The molecule has 2 rings (SSSR count). The van der Waals surface area contributed by atoms with Crippen LogP contribution in [0, 0.1) is 0 Å². The van der Waals surface area contributed by atoms with Crippen LogP contribution >= 0.6 is 23.2 Å². The quantitative estimate of drug-likeness (QED) is 0.843. The molecule has 0 saturated heterocycles. The molecule has 0 saturated carbocycles. The third-order valence-corrected chi connectivity index (χ3v) is 3.33. The first-order valence-electron chi connectivity index (χ1n) is 6.76. The van der Waals surface area contributed by atoms with Crippen molar-refractivity contribution >= 4 is 29.2 Å². The lowest BCUT2D eigenvalue weighted by atomic mass is 10.2. The molecule has 21 heavy (non-hydrogen) atoms. The normalized spacial score (nSPS) is 10.7. The van der Waals surface area contributed by atoms with Gasteiger partial charge in [0.05, 0.1) is 16.7 Å². The third-order valence-electron chi connectivity index (χ3n) is 2.76. The highest BCUT2D eigenvalue weighted by atomic mass is 35.5. The topological polar surface area (TPSA) is 64.9 Å². The molecule has 114 valence electrons. The SMILES string of the molecule is CCCn1nnnc1NCc1cc(Cl)c(OCC)c(Cl)c1. The molecule has 0 bridgehead atoms. The van der Waals surface area contributed by atoms with Gasteiger partial charge in [0.15, 0.2) is 5.75 Å². The Morgan fingerprint density at radius 1 is 1.24 bits per heavy atom. The van der Waals surface area contributed by atoms with Gasteiger partial charge in [0.25, 0.3) is 0 Å². The smallest absolute Gasteiger partial charge is 0.243 e. The summed E-state index contributed by atoms with van der Waals surface area (Å²) in [6.07, 6.45) is 0.959. The predicted octanol–water partition coefficient (Wildman–Crippen LogP) is 3.40. The second-order valence-corrected chi connectivity index (χ2v) is 5.22. The Labute approximate surface area is 133 Å². The lowest BCUT2D eigenvalue weighted by Crippen LogP contribution is -2.09. The molecule has 0 aliphatic rings. The van der Waals surface area contributed by atoms with Crippen molar-refractivity contribution in [3.05, 3.63) is 27.7 Å². The fourth-order valence-corrected chi connectivity index (χ4v) is 2.51. The van der Waals surface area contributed by atoms with E-state index >= 15 is 0 Å². The summed E-state index contributed by atoms with van der Waals surface area (Å²) in [6.45, 7) is 5.76. The molecule has 1 N–H and O–H groups in total. The summed E-state index contributed by atoms with van der Waals surface area (Å²) in [5.41, 5.74) is 0.930. The van der Waals surface area contributed by atoms with Gasteiger partial charge in [-0.05, 0) is 41.5 Å². The summed E-state index contributed by atoms with van der Waals surface area (Å²) in [4.78, 5) is 0. The Morgan fingerprint density at radius 3 is 2.57 bits per heavy atom. The van der Waals surface area contributed by atoms with Gasteiger partial charge < -0.3 is 10.1 Å². The molecule has 0 unspecified atom stereocenters. The van der Waals surface area contributed by atoms with E-state index in [-0.39, 0.29) is 0 Å². The van der Waals surface area contributed by atoms with E-state index in [0.717, 1.165) is 18.5 Å². The Morgan fingerprint density at radius 2 is 1.95 bits per heavy atom. The Bertz CT molecular complexity index is 579. The first-order valence-corrected chi connectivity index (χ1v) is 7.52. The average Bonchev–Trinajstić information content (AvgIpc) is 2.88. The number of aryl methyl sites for hydroxylation is 1. The highest BCUT2D eigenvalue weighted by Gasteiger charge is 2.10. The number of aromatic nitrogens is 4. The Kier molecular flexibility index (Phi) is 5.64. The summed E-state index contributed by atoms with van der Waals surface area (Å²) in [5, 5.41) is 15.7. The second kappa shape index (κ2) is 7.47. The maximum Gasteiger partial charge on any atom is 0.243 e. The molecular weight excluding hydrogens is 313 g/mol. The zero-order chi connectivity index (χ0) is 15.2. The van der Waals surface area contributed by atoms with Crippen LogP contribution in [0.15, 0.2) is 12.1 Å². The van der Waals surface area contributed by atoms with E-state index in [4.69, 9.17) is 27.9 Å². The molecule has 0 aliphatic heterocycles. The van der Waals surface area contributed by atoms with Gasteiger partial charge in [-0.3, -0.25) is 0 Å². The molecule has 6 nitrogen and oxygen atoms in total. The number of tetrazole rings is 1. The molecule has 1 aromatic heterocycles. The molecule has 0 fully saturated rings. The molecule has 8 heteroatoms. The standard InChI is InChI=1S/C13H17Cl2N5O/c1-3-5-20-13(17-18-19-20)16-8-9-6-10(14)12(21-4-2)11(15)7-9/h6-7H,3-5,8H2,1-2H3,(H,16,17,19). The van der Waals surface area contributed by atoms with Crippen LogP contribution in [-0.4, -0.2) is 26.8 Å². The van der Waals surface area contributed by atoms with Gasteiger partial charge in [0.1, 0.15) is 0 Å². The van der Waals surface area contributed by atoms with E-state index in [1.807, 2.05) is 19.1 Å². The molecule has 0 amide bonds. The van der Waals surface area contributed by atoms with E-state index in [1.54, 1.807) is 4.68 Å². The van der Waals surface area contributed by atoms with Crippen molar-refractivity contribution in [2.24, 2.45) is 0 Å². The van der Waals surface area contributed by atoms with Crippen molar-refractivity contribution < 1.29 is 4.74 Å². The number of nitrogens with one attached hydrogen (secondary N) is 1. The lowest BCUT2D eigenvalue weighted by Gasteiger charge is -2.11. The minimum Gasteiger partial charge on any atom is -0.491 e. The fraction of sp³-hybridized carbons (Fsp3) is 0.462. The molecular formula is C13H17Cl2N5O. The maximum atomic E-state index is 6.17. The number of ether oxygens (including phenoxy) is 1. The molecule has 1 heterocycles. The van der Waals surface area contributed by atoms with Crippen LogP contribution in [-0.2, 0) is 13.1 Å². The lowest BCUT2D eigenvalue weighted by molar-refractivity contribution is 0.340. The van der Waals surface area contributed by atoms with E-state index in [9.17, 15) is 0 Å². The van der Waals surface area contributed by atoms with Gasteiger partial charge in [-0.15, -0.1) is 0 Å². The minimum atomic E-state index is 0.495. The zero-order valence-electron chi connectivity index (χ0n) is 11.9. The van der Waals surface area contributed by atoms with E-state index in [0.29, 0.717) is 34.9 Å². The van der Waals surface area contributed by atoms with E-state index in [1.165, 1.54) is 0 Å². The number of nitrogens with zero attached hydrogens (tertiary/aromatic N) is 4. The van der Waals surface area contributed by atoms with Crippen LogP contribution in [0.5, 0.6) is 5.75 Å². The highest BCUT2D eigenvalue weighted by Crippen LogP contribution is 2.34. The van der Waals surface area contributed by atoms with Crippen LogP contribution in [0.25, 0.3) is 0 Å². The van der Waals surface area contributed by atoms with Crippen molar-refractivity contribution in [2.75, 3.05) is 11.9 Å². The summed E-state index contributed by atoms with van der Waals surface area (Å²) in [5.74, 6) is 1.14. The minimum absolute atomic E-state index is 0.495. The average molecular weight is 330 g/mol. The number of rotatable bonds is 7. The number of benzene rings is 1. The van der Waals surface area contributed by atoms with E-state index < -0.39 is 0 Å². The molecule has 0 spiro atoms. The van der Waals surface area contributed by atoms with Crippen LogP contribution < -0.4 is 10.1 Å². The molecule has 0 radical (unpaired) electrons. The highest BCUT2D eigenvalue weighted by molar-refractivity contribution is 6.37. The fourth-order valence-electron chi connectivity index (χ4n) is 1.87. The Hall–Kier alpha value is -1.53. The van der Waals surface area contributed by atoms with Crippen molar-refractivity contribution in [2.45, 2.75) is 33.4 Å². The molecule has 2 aromatic rings. The maximum absolute atomic E-state index is 6.17. The van der Waals surface area contributed by atoms with Gasteiger partial charge in [0, 0.05) is 13.1 Å². The predicted molar refractivity (Wildman–Crippen MR) is 83.1 cm³/mol. The third kappa shape index (κ3) is 3.98. The van der Waals surface area contributed by atoms with Crippen LogP contribution in [0.4, 0.5) is 5.95 Å². The Balaban J connectivity index is 2.08. The molecule has 0 atom stereocenters. The van der Waals surface area contributed by atoms with Gasteiger partial charge in [-0.1, -0.05) is 35.2 Å². The van der Waals surface area contributed by atoms with Crippen molar-refractivity contribution in [1.82, 2.24) is 20.2 Å². The molecule has 1 aromatic carbocycles. The van der Waals surface area contributed by atoms with Gasteiger partial charge >= 0.3 is 0 Å².